The number of likely N-dealkylation sites (tertiary alicyclic amines) is 2. The second-order valence-electron chi connectivity index (χ2n) is 9.13. The number of urea groups is 1. The van der Waals surface area contributed by atoms with Crippen molar-refractivity contribution in [3.63, 3.8) is 0 Å². The minimum absolute atomic E-state index is 0.0239. The summed E-state index contributed by atoms with van der Waals surface area (Å²) in [6.45, 7) is 2.97. The fourth-order valence-corrected chi connectivity index (χ4v) is 4.56. The van der Waals surface area contributed by atoms with Crippen molar-refractivity contribution < 1.29 is 32.7 Å². The lowest BCUT2D eigenvalue weighted by Gasteiger charge is -2.44. The standard InChI is InChI=1S/C22H25F2N5O5/c23-16-6-13(7-17(24)19(16)15-2-3-18(30)26-20(15)31)28-8-12(9-28)25-21(32)34-14-10-29(11-14)22(33)27-4-1-5-27/h6-7,12,14-15H,1-5,8-11H2,(H,25,32)(H,26,30,31). The van der Waals surface area contributed by atoms with Gasteiger partial charge >= 0.3 is 12.1 Å². The number of nitrogens with one attached hydrogen (secondary N) is 2. The number of alkyl carbamates (subject to hydrolysis) is 1. The summed E-state index contributed by atoms with van der Waals surface area (Å²) < 4.78 is 34.7. The number of nitrogens with zero attached hydrogens (tertiary/aromatic N) is 3. The van der Waals surface area contributed by atoms with Crippen molar-refractivity contribution in [2.45, 2.75) is 37.3 Å². The lowest BCUT2D eigenvalue weighted by atomic mass is 9.89. The number of amides is 5. The van der Waals surface area contributed by atoms with E-state index in [9.17, 15) is 28.0 Å². The van der Waals surface area contributed by atoms with Crippen LogP contribution < -0.4 is 15.5 Å². The van der Waals surface area contributed by atoms with Gasteiger partial charge in [0.1, 0.15) is 17.7 Å². The summed E-state index contributed by atoms with van der Waals surface area (Å²) in [5, 5.41) is 4.83. The summed E-state index contributed by atoms with van der Waals surface area (Å²) >= 11 is 0. The summed E-state index contributed by atoms with van der Waals surface area (Å²) in [6.07, 6.45) is 0.172. The molecule has 1 unspecified atom stereocenters. The first-order valence-electron chi connectivity index (χ1n) is 11.4. The molecule has 0 aromatic heterocycles. The molecule has 1 atom stereocenters. The maximum absolute atomic E-state index is 14.7. The Kier molecular flexibility index (Phi) is 5.74. The summed E-state index contributed by atoms with van der Waals surface area (Å²) in [7, 11) is 0. The Morgan fingerprint density at radius 1 is 1.03 bits per heavy atom. The van der Waals surface area contributed by atoms with Gasteiger partial charge in [0.25, 0.3) is 0 Å². The Bertz CT molecular complexity index is 1010. The molecular formula is C22H25F2N5O5. The van der Waals surface area contributed by atoms with Gasteiger partial charge in [-0.25, -0.2) is 18.4 Å². The lowest BCUT2D eigenvalue weighted by molar-refractivity contribution is -0.134. The van der Waals surface area contributed by atoms with E-state index in [2.05, 4.69) is 10.6 Å². The molecule has 0 radical (unpaired) electrons. The fourth-order valence-electron chi connectivity index (χ4n) is 4.56. The van der Waals surface area contributed by atoms with Crippen LogP contribution in [0.3, 0.4) is 0 Å². The Morgan fingerprint density at radius 2 is 1.71 bits per heavy atom. The molecule has 5 amide bonds. The Hall–Kier alpha value is -3.44. The molecule has 0 saturated carbocycles. The van der Waals surface area contributed by atoms with E-state index >= 15 is 0 Å². The second-order valence-corrected chi connectivity index (χ2v) is 9.13. The fraction of sp³-hybridized carbons (Fsp3) is 0.545. The molecule has 0 aliphatic carbocycles. The van der Waals surface area contributed by atoms with Gasteiger partial charge in [0, 0.05) is 43.9 Å². The van der Waals surface area contributed by atoms with Crippen LogP contribution in [-0.4, -0.2) is 85.2 Å². The number of benzene rings is 1. The maximum Gasteiger partial charge on any atom is 0.407 e. The molecule has 1 aromatic rings. The molecule has 0 bridgehead atoms. The first kappa shape index (κ1) is 22.4. The zero-order chi connectivity index (χ0) is 24.0. The molecule has 182 valence electrons. The van der Waals surface area contributed by atoms with Crippen molar-refractivity contribution in [1.29, 1.82) is 0 Å². The SMILES string of the molecule is O=C1CCC(c2c(F)cc(N3CC(NC(=O)OC4CN(C(=O)N5CCC5)C4)C3)cc2F)C(=O)N1. The summed E-state index contributed by atoms with van der Waals surface area (Å²) in [6, 6.07) is 2.06. The molecular weight excluding hydrogens is 452 g/mol. The third kappa shape index (κ3) is 4.24. The van der Waals surface area contributed by atoms with Crippen LogP contribution in [0.5, 0.6) is 0 Å². The van der Waals surface area contributed by atoms with Gasteiger partial charge in [0.2, 0.25) is 11.8 Å². The zero-order valence-corrected chi connectivity index (χ0v) is 18.4. The van der Waals surface area contributed by atoms with Crippen molar-refractivity contribution in [2.75, 3.05) is 44.2 Å². The number of hydrogen-bond donors (Lipinski definition) is 2. The topological polar surface area (TPSA) is 111 Å². The Morgan fingerprint density at radius 3 is 2.29 bits per heavy atom. The molecule has 4 aliphatic heterocycles. The molecule has 4 aliphatic rings. The molecule has 2 N–H and O–H groups in total. The van der Waals surface area contributed by atoms with E-state index in [-0.39, 0.29) is 36.6 Å². The highest BCUT2D eigenvalue weighted by atomic mass is 19.1. The van der Waals surface area contributed by atoms with Crippen molar-refractivity contribution in [1.82, 2.24) is 20.4 Å². The van der Waals surface area contributed by atoms with Crippen LogP contribution in [0.2, 0.25) is 0 Å². The normalized spacial score (nSPS) is 23.0. The molecule has 1 aromatic carbocycles. The van der Waals surface area contributed by atoms with Crippen LogP contribution >= 0.6 is 0 Å². The Labute approximate surface area is 194 Å². The minimum atomic E-state index is -1.05. The number of halogens is 2. The minimum Gasteiger partial charge on any atom is -0.442 e. The van der Waals surface area contributed by atoms with Crippen LogP contribution in [0, 0.1) is 11.6 Å². The van der Waals surface area contributed by atoms with E-state index in [1.54, 1.807) is 14.7 Å². The van der Waals surface area contributed by atoms with Crippen LogP contribution in [0.15, 0.2) is 12.1 Å². The third-order valence-electron chi connectivity index (χ3n) is 6.74. The second kappa shape index (κ2) is 8.73. The van der Waals surface area contributed by atoms with Gasteiger partial charge in [-0.2, -0.15) is 0 Å². The smallest absolute Gasteiger partial charge is 0.407 e. The van der Waals surface area contributed by atoms with Gasteiger partial charge in [-0.05, 0) is 25.0 Å². The molecule has 5 rings (SSSR count). The van der Waals surface area contributed by atoms with E-state index < -0.39 is 35.5 Å². The number of rotatable bonds is 4. The van der Waals surface area contributed by atoms with E-state index in [0.29, 0.717) is 31.9 Å². The first-order valence-corrected chi connectivity index (χ1v) is 11.4. The van der Waals surface area contributed by atoms with Crippen LogP contribution in [-0.2, 0) is 14.3 Å². The number of ether oxygens (including phenoxy) is 1. The lowest BCUT2D eigenvalue weighted by Crippen LogP contribution is -2.63. The quantitative estimate of drug-likeness (QED) is 0.624. The molecule has 4 saturated heterocycles. The molecule has 4 heterocycles. The third-order valence-corrected chi connectivity index (χ3v) is 6.74. The highest BCUT2D eigenvalue weighted by Gasteiger charge is 2.38. The predicted molar refractivity (Wildman–Crippen MR) is 114 cm³/mol. The number of carbonyl (C=O) groups is 4. The highest BCUT2D eigenvalue weighted by Crippen LogP contribution is 2.33. The first-order chi connectivity index (χ1) is 16.3. The van der Waals surface area contributed by atoms with Gasteiger partial charge in [-0.1, -0.05) is 0 Å². The molecule has 4 fully saturated rings. The van der Waals surface area contributed by atoms with Crippen molar-refractivity contribution in [3.8, 4) is 0 Å². The summed E-state index contributed by atoms with van der Waals surface area (Å²) in [4.78, 5) is 52.5. The van der Waals surface area contributed by atoms with E-state index in [0.717, 1.165) is 31.6 Å². The van der Waals surface area contributed by atoms with Crippen molar-refractivity contribution >= 4 is 29.6 Å². The Balaban J connectivity index is 1.09. The van der Waals surface area contributed by atoms with Crippen molar-refractivity contribution in [2.24, 2.45) is 0 Å². The van der Waals surface area contributed by atoms with E-state index in [1.165, 1.54) is 0 Å². The highest BCUT2D eigenvalue weighted by molar-refractivity contribution is 6.01. The van der Waals surface area contributed by atoms with Gasteiger partial charge < -0.3 is 24.8 Å². The monoisotopic (exact) mass is 477 g/mol. The number of carbonyl (C=O) groups excluding carboxylic acids is 4. The number of anilines is 1. The number of piperidine rings is 1. The van der Waals surface area contributed by atoms with Gasteiger partial charge in [-0.3, -0.25) is 14.9 Å². The molecule has 34 heavy (non-hydrogen) atoms. The van der Waals surface area contributed by atoms with Crippen LogP contribution in [0.4, 0.5) is 24.1 Å². The molecule has 0 spiro atoms. The average molecular weight is 477 g/mol. The van der Waals surface area contributed by atoms with Gasteiger partial charge in [-0.15, -0.1) is 0 Å². The number of imide groups is 1. The predicted octanol–water partition coefficient (Wildman–Crippen LogP) is 0.910. The summed E-state index contributed by atoms with van der Waals surface area (Å²) in [5.74, 6) is -3.89. The summed E-state index contributed by atoms with van der Waals surface area (Å²) in [5.41, 5.74) is -0.0359. The molecule has 12 heteroatoms. The van der Waals surface area contributed by atoms with E-state index in [4.69, 9.17) is 4.74 Å². The van der Waals surface area contributed by atoms with Crippen LogP contribution in [0.1, 0.15) is 30.7 Å². The maximum atomic E-state index is 14.7. The average Bonchev–Trinajstić information content (AvgIpc) is 2.66. The van der Waals surface area contributed by atoms with Crippen LogP contribution in [0.25, 0.3) is 0 Å². The zero-order valence-electron chi connectivity index (χ0n) is 18.4. The largest absolute Gasteiger partial charge is 0.442 e. The van der Waals surface area contributed by atoms with Gasteiger partial charge in [0.05, 0.1) is 25.0 Å². The number of hydrogen-bond acceptors (Lipinski definition) is 6. The van der Waals surface area contributed by atoms with Gasteiger partial charge in [0.15, 0.2) is 0 Å². The van der Waals surface area contributed by atoms with E-state index in [1.807, 2.05) is 0 Å². The molecule has 10 nitrogen and oxygen atoms in total. The van der Waals surface area contributed by atoms with Crippen molar-refractivity contribution in [3.05, 3.63) is 29.3 Å².